The van der Waals surface area contributed by atoms with Gasteiger partial charge in [-0.25, -0.2) is 0 Å². The Morgan fingerprint density at radius 3 is 2.21 bits per heavy atom. The van der Waals surface area contributed by atoms with Crippen molar-refractivity contribution in [2.45, 2.75) is 25.2 Å². The van der Waals surface area contributed by atoms with E-state index in [1.807, 2.05) is 0 Å². The molecular weight excluding hydrogens is 325 g/mol. The van der Waals surface area contributed by atoms with E-state index in [4.69, 9.17) is 0 Å². The van der Waals surface area contributed by atoms with Gasteiger partial charge in [0, 0.05) is 18.7 Å². The van der Waals surface area contributed by atoms with E-state index < -0.39 is 6.36 Å². The zero-order valence-corrected chi connectivity index (χ0v) is 12.6. The van der Waals surface area contributed by atoms with Crippen LogP contribution in [-0.2, 0) is 0 Å². The fraction of sp³-hybridized carbons (Fsp3) is 0.400. The second kappa shape index (κ2) is 6.50. The summed E-state index contributed by atoms with van der Waals surface area (Å²) < 4.78 is 40.2. The molecule has 24 heavy (non-hydrogen) atoms. The van der Waals surface area contributed by atoms with Crippen molar-refractivity contribution >= 4 is 5.91 Å². The van der Waals surface area contributed by atoms with Gasteiger partial charge in [-0.15, -0.1) is 13.2 Å². The van der Waals surface area contributed by atoms with Gasteiger partial charge in [0.15, 0.2) is 0 Å². The maximum Gasteiger partial charge on any atom is 0.573 e. The van der Waals surface area contributed by atoms with Crippen molar-refractivity contribution in [1.82, 2.24) is 19.9 Å². The van der Waals surface area contributed by atoms with E-state index in [0.717, 1.165) is 25.0 Å². The highest BCUT2D eigenvalue weighted by atomic mass is 19.4. The van der Waals surface area contributed by atoms with Gasteiger partial charge in [0.05, 0.1) is 18.4 Å². The van der Waals surface area contributed by atoms with Crippen LogP contribution in [0.3, 0.4) is 0 Å². The second-order valence-electron chi connectivity index (χ2n) is 5.45. The number of benzene rings is 1. The molecule has 6 nitrogen and oxygen atoms in total. The number of amides is 1. The van der Waals surface area contributed by atoms with Crippen molar-refractivity contribution in [3.05, 3.63) is 42.2 Å². The largest absolute Gasteiger partial charge is 0.573 e. The third-order valence-electron chi connectivity index (χ3n) is 3.85. The molecule has 9 heteroatoms. The van der Waals surface area contributed by atoms with E-state index in [-0.39, 0.29) is 17.7 Å². The number of alkyl halides is 3. The topological polar surface area (TPSA) is 60.2 Å². The van der Waals surface area contributed by atoms with Crippen LogP contribution in [0.2, 0.25) is 0 Å². The smallest absolute Gasteiger partial charge is 0.406 e. The number of hydrogen-bond acceptors (Lipinski definition) is 4. The Morgan fingerprint density at radius 1 is 1.08 bits per heavy atom. The van der Waals surface area contributed by atoms with Gasteiger partial charge >= 0.3 is 6.36 Å². The summed E-state index contributed by atoms with van der Waals surface area (Å²) in [5.74, 6) is -0.553. The van der Waals surface area contributed by atoms with Crippen LogP contribution < -0.4 is 4.74 Å². The highest BCUT2D eigenvalue weighted by Gasteiger charge is 2.31. The number of halogens is 3. The van der Waals surface area contributed by atoms with E-state index in [2.05, 4.69) is 14.9 Å². The lowest BCUT2D eigenvalue weighted by molar-refractivity contribution is -0.274. The molecule has 0 spiro atoms. The first kappa shape index (κ1) is 16.3. The summed E-state index contributed by atoms with van der Waals surface area (Å²) in [5, 5.41) is 8.21. The lowest BCUT2D eigenvalue weighted by Crippen LogP contribution is -2.39. The summed E-state index contributed by atoms with van der Waals surface area (Å²) in [6.07, 6.45) is -0.0521. The molecule has 1 amide bonds. The van der Waals surface area contributed by atoms with E-state index in [9.17, 15) is 18.0 Å². The van der Waals surface area contributed by atoms with Crippen molar-refractivity contribution < 1.29 is 22.7 Å². The molecule has 0 unspecified atom stereocenters. The van der Waals surface area contributed by atoms with Crippen molar-refractivity contribution in [3.8, 4) is 5.75 Å². The Bertz CT molecular complexity index is 678. The predicted molar refractivity (Wildman–Crippen MR) is 77.3 cm³/mol. The standard InChI is InChI=1S/C15H15F3N4O2/c16-15(17,18)24-13-3-1-11(2-4-13)14(23)21-9-5-12(6-10-21)22-19-7-8-20-22/h1-4,7-8,12H,5-6,9-10H2. The molecule has 128 valence electrons. The quantitative estimate of drug-likeness (QED) is 0.862. The number of piperidine rings is 1. The van der Waals surface area contributed by atoms with Gasteiger partial charge in [0.1, 0.15) is 5.75 Å². The molecule has 1 saturated heterocycles. The number of aromatic nitrogens is 3. The minimum atomic E-state index is -4.74. The molecule has 3 rings (SSSR count). The summed E-state index contributed by atoms with van der Waals surface area (Å²) in [5.41, 5.74) is 0.334. The zero-order chi connectivity index (χ0) is 17.2. The maximum atomic E-state index is 12.4. The molecule has 0 atom stereocenters. The first-order valence-electron chi connectivity index (χ1n) is 7.43. The number of carbonyl (C=O) groups excluding carboxylic acids is 1. The molecule has 1 aromatic heterocycles. The van der Waals surface area contributed by atoms with Crippen LogP contribution in [0.15, 0.2) is 36.7 Å². The molecule has 0 saturated carbocycles. The Hall–Kier alpha value is -2.58. The lowest BCUT2D eigenvalue weighted by Gasteiger charge is -2.31. The Labute approximate surface area is 135 Å². The Kier molecular flexibility index (Phi) is 4.41. The molecule has 0 radical (unpaired) electrons. The number of likely N-dealkylation sites (tertiary alicyclic amines) is 1. The Morgan fingerprint density at radius 2 is 1.67 bits per heavy atom. The molecule has 0 aliphatic carbocycles. The third-order valence-corrected chi connectivity index (χ3v) is 3.85. The fourth-order valence-corrected chi connectivity index (χ4v) is 2.70. The van der Waals surface area contributed by atoms with E-state index in [1.54, 1.807) is 22.1 Å². The molecule has 1 aromatic carbocycles. The highest BCUT2D eigenvalue weighted by Crippen LogP contribution is 2.25. The van der Waals surface area contributed by atoms with Gasteiger partial charge < -0.3 is 9.64 Å². The predicted octanol–water partition coefficient (Wildman–Crippen LogP) is 2.65. The zero-order valence-electron chi connectivity index (χ0n) is 12.6. The fourth-order valence-electron chi connectivity index (χ4n) is 2.70. The van der Waals surface area contributed by atoms with Crippen molar-refractivity contribution in [2.75, 3.05) is 13.1 Å². The van der Waals surface area contributed by atoms with Gasteiger partial charge in [-0.05, 0) is 37.1 Å². The van der Waals surface area contributed by atoms with Crippen LogP contribution in [-0.4, -0.2) is 45.3 Å². The molecule has 2 aromatic rings. The average molecular weight is 340 g/mol. The van der Waals surface area contributed by atoms with Crippen molar-refractivity contribution in [2.24, 2.45) is 0 Å². The molecular formula is C15H15F3N4O2. The van der Waals surface area contributed by atoms with Gasteiger partial charge in [-0.3, -0.25) is 4.79 Å². The molecule has 1 aliphatic rings. The lowest BCUT2D eigenvalue weighted by atomic mass is 10.0. The first-order valence-corrected chi connectivity index (χ1v) is 7.43. The number of hydrogen-bond donors (Lipinski definition) is 0. The number of rotatable bonds is 3. The monoisotopic (exact) mass is 340 g/mol. The van der Waals surface area contributed by atoms with Gasteiger partial charge in [-0.1, -0.05) is 0 Å². The van der Waals surface area contributed by atoms with Gasteiger partial charge in [0.2, 0.25) is 0 Å². The summed E-state index contributed by atoms with van der Waals surface area (Å²) in [6, 6.07) is 5.11. The molecule has 1 aliphatic heterocycles. The highest BCUT2D eigenvalue weighted by molar-refractivity contribution is 5.94. The summed E-state index contributed by atoms with van der Waals surface area (Å²) in [6.45, 7) is 1.09. The minimum absolute atomic E-state index is 0.159. The normalized spacial score (nSPS) is 16.2. The number of carbonyl (C=O) groups is 1. The van der Waals surface area contributed by atoms with Crippen LogP contribution in [0.1, 0.15) is 29.2 Å². The maximum absolute atomic E-state index is 12.4. The second-order valence-corrected chi connectivity index (χ2v) is 5.45. The molecule has 0 bridgehead atoms. The van der Waals surface area contributed by atoms with E-state index >= 15 is 0 Å². The van der Waals surface area contributed by atoms with Crippen molar-refractivity contribution in [1.29, 1.82) is 0 Å². The van der Waals surface area contributed by atoms with Crippen LogP contribution >= 0.6 is 0 Å². The molecule has 0 N–H and O–H groups in total. The Balaban J connectivity index is 1.59. The molecule has 1 fully saturated rings. The van der Waals surface area contributed by atoms with E-state index in [0.29, 0.717) is 18.7 Å². The third kappa shape index (κ3) is 3.84. The average Bonchev–Trinajstić information content (AvgIpc) is 3.08. The van der Waals surface area contributed by atoms with Gasteiger partial charge in [0.25, 0.3) is 5.91 Å². The van der Waals surface area contributed by atoms with Gasteiger partial charge in [-0.2, -0.15) is 15.0 Å². The van der Waals surface area contributed by atoms with Crippen LogP contribution in [0, 0.1) is 0 Å². The van der Waals surface area contributed by atoms with Crippen LogP contribution in [0.25, 0.3) is 0 Å². The summed E-state index contributed by atoms with van der Waals surface area (Å²) >= 11 is 0. The van der Waals surface area contributed by atoms with Crippen LogP contribution in [0.4, 0.5) is 13.2 Å². The van der Waals surface area contributed by atoms with Crippen molar-refractivity contribution in [3.63, 3.8) is 0 Å². The number of ether oxygens (including phenoxy) is 1. The number of nitrogens with zero attached hydrogens (tertiary/aromatic N) is 4. The summed E-state index contributed by atoms with van der Waals surface area (Å²) in [4.78, 5) is 15.7. The van der Waals surface area contributed by atoms with Crippen LogP contribution in [0.5, 0.6) is 5.75 Å². The SMILES string of the molecule is O=C(c1ccc(OC(F)(F)F)cc1)N1CCC(n2nccn2)CC1. The summed E-state index contributed by atoms with van der Waals surface area (Å²) in [7, 11) is 0. The first-order chi connectivity index (χ1) is 11.4. The minimum Gasteiger partial charge on any atom is -0.406 e. The van der Waals surface area contributed by atoms with E-state index in [1.165, 1.54) is 12.1 Å². The molecule has 2 heterocycles.